The summed E-state index contributed by atoms with van der Waals surface area (Å²) in [6, 6.07) is 2.79. The SMILES string of the molecule is COC(=O)C12Oc3cc(C)cc(O)c3C(O)=C1C(=O)OC=CC2O. The van der Waals surface area contributed by atoms with E-state index in [9.17, 15) is 24.9 Å². The monoisotopic (exact) mass is 334 g/mol. The van der Waals surface area contributed by atoms with Gasteiger partial charge in [-0.05, 0) is 30.7 Å². The third kappa shape index (κ3) is 1.96. The average Bonchev–Trinajstić information content (AvgIpc) is 2.63. The van der Waals surface area contributed by atoms with Gasteiger partial charge in [0.25, 0.3) is 5.60 Å². The minimum atomic E-state index is -2.35. The van der Waals surface area contributed by atoms with Crippen LogP contribution in [0.5, 0.6) is 11.5 Å². The third-order valence-corrected chi connectivity index (χ3v) is 3.89. The molecule has 0 aliphatic carbocycles. The Kier molecular flexibility index (Phi) is 3.49. The number of rotatable bonds is 1. The molecular weight excluding hydrogens is 320 g/mol. The Balaban J connectivity index is 2.39. The fraction of sp³-hybridized carbons (Fsp3) is 0.250. The lowest BCUT2D eigenvalue weighted by Crippen LogP contribution is -2.58. The second-order valence-electron chi connectivity index (χ2n) is 5.39. The minimum Gasteiger partial charge on any atom is -0.507 e. The zero-order valence-electron chi connectivity index (χ0n) is 12.8. The standard InChI is InChI=1S/C16H14O8/c1-7-5-8(17)11-9(6-7)24-16(15(21)22-2)10(18)3-4-23-14(20)12(16)13(11)19/h3-6,10,17-19H,1-2H3. The van der Waals surface area contributed by atoms with Crippen LogP contribution in [-0.4, -0.2) is 46.1 Å². The molecule has 0 spiro atoms. The van der Waals surface area contributed by atoms with E-state index in [-0.39, 0.29) is 17.1 Å². The number of carbonyl (C=O) groups is 2. The van der Waals surface area contributed by atoms with Gasteiger partial charge in [-0.1, -0.05) is 0 Å². The predicted octanol–water partition coefficient (Wildman–Crippen LogP) is 0.705. The first-order chi connectivity index (χ1) is 11.3. The van der Waals surface area contributed by atoms with E-state index in [0.29, 0.717) is 5.56 Å². The summed E-state index contributed by atoms with van der Waals surface area (Å²) >= 11 is 0. The van der Waals surface area contributed by atoms with Crippen LogP contribution in [0, 0.1) is 6.92 Å². The van der Waals surface area contributed by atoms with Gasteiger partial charge in [-0.25, -0.2) is 9.59 Å². The van der Waals surface area contributed by atoms with Crippen molar-refractivity contribution in [3.63, 3.8) is 0 Å². The number of hydrogen-bond donors (Lipinski definition) is 3. The number of cyclic esters (lactones) is 1. The lowest BCUT2D eigenvalue weighted by Gasteiger charge is -2.38. The number of carbonyl (C=O) groups excluding carboxylic acids is 2. The van der Waals surface area contributed by atoms with Crippen molar-refractivity contribution in [1.82, 2.24) is 0 Å². The molecule has 0 amide bonds. The van der Waals surface area contributed by atoms with Crippen molar-refractivity contribution in [2.24, 2.45) is 0 Å². The first kappa shape index (κ1) is 15.9. The number of phenols is 1. The third-order valence-electron chi connectivity index (χ3n) is 3.89. The van der Waals surface area contributed by atoms with Gasteiger partial charge >= 0.3 is 11.9 Å². The number of aliphatic hydroxyl groups excluding tert-OH is 2. The maximum absolute atomic E-state index is 12.4. The van der Waals surface area contributed by atoms with Crippen LogP contribution < -0.4 is 4.74 Å². The van der Waals surface area contributed by atoms with Crippen molar-refractivity contribution in [2.45, 2.75) is 18.6 Å². The van der Waals surface area contributed by atoms with Gasteiger partial charge in [-0.2, -0.15) is 0 Å². The van der Waals surface area contributed by atoms with Crippen molar-refractivity contribution in [3.05, 3.63) is 41.2 Å². The average molecular weight is 334 g/mol. The summed E-state index contributed by atoms with van der Waals surface area (Å²) < 4.78 is 15.0. The predicted molar refractivity (Wildman–Crippen MR) is 79.0 cm³/mol. The Morgan fingerprint density at radius 3 is 2.71 bits per heavy atom. The molecule has 1 aromatic rings. The van der Waals surface area contributed by atoms with Crippen LogP contribution in [0.3, 0.4) is 0 Å². The van der Waals surface area contributed by atoms with Crippen LogP contribution in [0.2, 0.25) is 0 Å². The molecule has 8 nitrogen and oxygen atoms in total. The molecule has 24 heavy (non-hydrogen) atoms. The molecule has 3 N–H and O–H groups in total. The second kappa shape index (κ2) is 5.27. The fourth-order valence-corrected chi connectivity index (χ4v) is 2.82. The van der Waals surface area contributed by atoms with Crippen LogP contribution in [0.1, 0.15) is 11.1 Å². The normalized spacial score (nSPS) is 25.1. The number of hydrogen-bond acceptors (Lipinski definition) is 8. The number of aromatic hydroxyl groups is 1. The van der Waals surface area contributed by atoms with E-state index in [0.717, 1.165) is 19.4 Å². The molecule has 1 aromatic carbocycles. The van der Waals surface area contributed by atoms with E-state index in [1.807, 2.05) is 0 Å². The Hall–Kier alpha value is -3.00. The summed E-state index contributed by atoms with van der Waals surface area (Å²) in [4.78, 5) is 24.6. The topological polar surface area (TPSA) is 123 Å². The maximum atomic E-state index is 12.4. The molecule has 2 aliphatic rings. The van der Waals surface area contributed by atoms with E-state index in [4.69, 9.17) is 9.47 Å². The number of ether oxygens (including phenoxy) is 3. The van der Waals surface area contributed by atoms with Crippen molar-refractivity contribution in [2.75, 3.05) is 7.11 Å². The van der Waals surface area contributed by atoms with Crippen LogP contribution in [0.15, 0.2) is 30.0 Å². The summed E-state index contributed by atoms with van der Waals surface area (Å²) in [7, 11) is 1.05. The lowest BCUT2D eigenvalue weighted by molar-refractivity contribution is -0.165. The highest BCUT2D eigenvalue weighted by Gasteiger charge is 2.60. The molecule has 0 saturated carbocycles. The molecule has 0 fully saturated rings. The van der Waals surface area contributed by atoms with E-state index < -0.39 is 35.0 Å². The molecule has 0 bridgehead atoms. The number of aliphatic hydroxyl groups is 2. The fourth-order valence-electron chi connectivity index (χ4n) is 2.82. The molecule has 0 saturated heterocycles. The molecule has 2 unspecified atom stereocenters. The molecule has 8 heteroatoms. The van der Waals surface area contributed by atoms with Crippen LogP contribution >= 0.6 is 0 Å². The molecule has 0 aromatic heterocycles. The number of fused-ring (bicyclic) bond motifs is 2. The van der Waals surface area contributed by atoms with Crippen molar-refractivity contribution in [3.8, 4) is 11.5 Å². The summed E-state index contributed by atoms with van der Waals surface area (Å²) in [5.74, 6) is -3.39. The molecule has 2 heterocycles. The number of benzene rings is 1. The van der Waals surface area contributed by atoms with Crippen molar-refractivity contribution < 1.29 is 39.1 Å². The van der Waals surface area contributed by atoms with E-state index in [1.54, 1.807) is 6.92 Å². The van der Waals surface area contributed by atoms with Crippen LogP contribution in [-0.2, 0) is 19.1 Å². The van der Waals surface area contributed by atoms with Gasteiger partial charge in [0.05, 0.1) is 13.4 Å². The maximum Gasteiger partial charge on any atom is 0.358 e. The number of aryl methyl sites for hydroxylation is 1. The van der Waals surface area contributed by atoms with Crippen molar-refractivity contribution >= 4 is 17.7 Å². The molecule has 2 aliphatic heterocycles. The minimum absolute atomic E-state index is 0.0821. The van der Waals surface area contributed by atoms with Crippen LogP contribution in [0.25, 0.3) is 5.76 Å². The molecular formula is C16H14O8. The second-order valence-corrected chi connectivity index (χ2v) is 5.39. The van der Waals surface area contributed by atoms with Gasteiger partial charge in [-0.3, -0.25) is 0 Å². The number of esters is 2. The lowest BCUT2D eigenvalue weighted by atomic mass is 9.82. The molecule has 2 atom stereocenters. The van der Waals surface area contributed by atoms with Gasteiger partial charge in [0.1, 0.15) is 34.5 Å². The Labute approximate surface area is 136 Å². The zero-order valence-corrected chi connectivity index (χ0v) is 12.8. The Morgan fingerprint density at radius 1 is 1.33 bits per heavy atom. The first-order valence-corrected chi connectivity index (χ1v) is 6.93. The highest BCUT2D eigenvalue weighted by molar-refractivity contribution is 6.08. The molecule has 126 valence electrons. The van der Waals surface area contributed by atoms with Gasteiger partial charge in [0.15, 0.2) is 0 Å². The number of methoxy groups -OCH3 is 1. The van der Waals surface area contributed by atoms with Gasteiger partial charge in [-0.15, -0.1) is 0 Å². The zero-order chi connectivity index (χ0) is 17.6. The summed E-state index contributed by atoms with van der Waals surface area (Å²) in [5.41, 5.74) is -2.61. The van der Waals surface area contributed by atoms with Crippen molar-refractivity contribution in [1.29, 1.82) is 0 Å². The quantitative estimate of drug-likeness (QED) is 0.642. The Bertz CT molecular complexity index is 807. The van der Waals surface area contributed by atoms with E-state index >= 15 is 0 Å². The van der Waals surface area contributed by atoms with Gasteiger partial charge in [0.2, 0.25) is 0 Å². The molecule has 0 radical (unpaired) electrons. The summed E-state index contributed by atoms with van der Waals surface area (Å²) in [6.45, 7) is 1.65. The number of phenolic OH excluding ortho intramolecular Hbond substituents is 1. The molecule has 3 rings (SSSR count). The largest absolute Gasteiger partial charge is 0.507 e. The summed E-state index contributed by atoms with van der Waals surface area (Å²) in [5, 5.41) is 31.0. The van der Waals surface area contributed by atoms with E-state index in [1.165, 1.54) is 12.1 Å². The summed E-state index contributed by atoms with van der Waals surface area (Å²) in [6.07, 6.45) is 0.231. The smallest absolute Gasteiger partial charge is 0.358 e. The highest BCUT2D eigenvalue weighted by Crippen LogP contribution is 2.47. The van der Waals surface area contributed by atoms with E-state index in [2.05, 4.69) is 4.74 Å². The van der Waals surface area contributed by atoms with Crippen LogP contribution in [0.4, 0.5) is 0 Å². The van der Waals surface area contributed by atoms with Gasteiger partial charge < -0.3 is 29.5 Å². The Morgan fingerprint density at radius 2 is 2.04 bits per heavy atom. The highest BCUT2D eigenvalue weighted by atomic mass is 16.6. The first-order valence-electron chi connectivity index (χ1n) is 6.93. The van der Waals surface area contributed by atoms with Gasteiger partial charge in [0, 0.05) is 0 Å².